The molecule has 0 saturated carbocycles. The smallest absolute Gasteiger partial charge is 0.372 e. The summed E-state index contributed by atoms with van der Waals surface area (Å²) in [6.07, 6.45) is 4.93. The molecule has 6 heteroatoms. The van der Waals surface area contributed by atoms with Crippen molar-refractivity contribution in [3.63, 3.8) is 0 Å². The maximum Gasteiger partial charge on any atom is 0.372 e. The minimum absolute atomic E-state index is 0.00158. The number of furan rings is 1. The van der Waals surface area contributed by atoms with Crippen molar-refractivity contribution in [1.82, 2.24) is 9.55 Å². The van der Waals surface area contributed by atoms with Gasteiger partial charge in [0.05, 0.1) is 6.26 Å². The highest BCUT2D eigenvalue weighted by molar-refractivity contribution is 7.98. The molecule has 0 bridgehead atoms. The summed E-state index contributed by atoms with van der Waals surface area (Å²) in [6.45, 7) is 0. The van der Waals surface area contributed by atoms with Gasteiger partial charge in [0.2, 0.25) is 5.76 Å². The Bertz CT molecular complexity index is 504. The van der Waals surface area contributed by atoms with Crippen LogP contribution in [0.3, 0.4) is 0 Å². The zero-order valence-corrected chi connectivity index (χ0v) is 9.40. The van der Waals surface area contributed by atoms with Crippen LogP contribution in [0, 0.1) is 0 Å². The van der Waals surface area contributed by atoms with E-state index >= 15 is 0 Å². The molecule has 0 spiro atoms. The number of thioether (sulfide) groups is 1. The minimum atomic E-state index is -1.04. The van der Waals surface area contributed by atoms with Crippen molar-refractivity contribution >= 4 is 17.7 Å². The largest absolute Gasteiger partial charge is 0.475 e. The Morgan fingerprint density at radius 1 is 1.69 bits per heavy atom. The van der Waals surface area contributed by atoms with Crippen molar-refractivity contribution in [1.29, 1.82) is 0 Å². The molecule has 0 aliphatic rings. The molecule has 0 aromatic carbocycles. The van der Waals surface area contributed by atoms with Gasteiger partial charge in [0.25, 0.3) is 0 Å². The number of hydrogen-bond acceptors (Lipinski definition) is 4. The predicted molar refractivity (Wildman–Crippen MR) is 58.4 cm³/mol. The number of aryl methyl sites for hydroxylation is 1. The first-order valence-electron chi connectivity index (χ1n) is 4.58. The van der Waals surface area contributed by atoms with Gasteiger partial charge < -0.3 is 14.1 Å². The van der Waals surface area contributed by atoms with E-state index in [0.717, 1.165) is 5.16 Å². The van der Waals surface area contributed by atoms with Gasteiger partial charge in [-0.1, -0.05) is 11.8 Å². The van der Waals surface area contributed by atoms with Crippen LogP contribution in [-0.2, 0) is 12.8 Å². The molecule has 84 valence electrons. The topological polar surface area (TPSA) is 68.3 Å². The molecule has 0 aliphatic carbocycles. The Hall–Kier alpha value is -1.69. The number of nitrogens with zero attached hydrogens (tertiary/aromatic N) is 2. The number of imidazole rings is 1. The van der Waals surface area contributed by atoms with Crippen LogP contribution >= 0.6 is 11.8 Å². The first-order valence-corrected chi connectivity index (χ1v) is 5.57. The molecular weight excluding hydrogens is 228 g/mol. The molecule has 0 fully saturated rings. The average Bonchev–Trinajstić information content (AvgIpc) is 2.83. The van der Waals surface area contributed by atoms with E-state index in [9.17, 15) is 4.79 Å². The maximum absolute atomic E-state index is 10.8. The third-order valence-corrected chi connectivity index (χ3v) is 3.18. The van der Waals surface area contributed by atoms with E-state index in [4.69, 9.17) is 9.52 Å². The first-order chi connectivity index (χ1) is 7.68. The molecule has 1 N–H and O–H groups in total. The quantitative estimate of drug-likeness (QED) is 0.825. The minimum Gasteiger partial charge on any atom is -0.475 e. The second kappa shape index (κ2) is 4.44. The number of aromatic nitrogens is 2. The molecule has 0 unspecified atom stereocenters. The molecule has 16 heavy (non-hydrogen) atoms. The number of carboxylic acid groups (broad SMARTS) is 1. The monoisotopic (exact) mass is 238 g/mol. The van der Waals surface area contributed by atoms with Crippen LogP contribution in [0.2, 0.25) is 0 Å². The lowest BCUT2D eigenvalue weighted by atomic mass is 10.3. The van der Waals surface area contributed by atoms with Gasteiger partial charge in [-0.2, -0.15) is 0 Å². The summed E-state index contributed by atoms with van der Waals surface area (Å²) in [5.41, 5.74) is 0.667. The van der Waals surface area contributed by atoms with E-state index in [2.05, 4.69) is 4.98 Å². The van der Waals surface area contributed by atoms with Crippen LogP contribution in [0.1, 0.15) is 16.1 Å². The highest BCUT2D eigenvalue weighted by Crippen LogP contribution is 2.23. The third kappa shape index (κ3) is 2.11. The lowest BCUT2D eigenvalue weighted by Gasteiger charge is -2.00. The molecule has 0 amide bonds. The molecule has 2 rings (SSSR count). The molecule has 2 aromatic rings. The van der Waals surface area contributed by atoms with E-state index in [1.807, 2.05) is 17.8 Å². The van der Waals surface area contributed by atoms with Gasteiger partial charge in [-0.15, -0.1) is 0 Å². The van der Waals surface area contributed by atoms with Crippen LogP contribution in [0.15, 0.2) is 34.3 Å². The maximum atomic E-state index is 10.8. The molecule has 0 saturated heterocycles. The second-order valence-corrected chi connectivity index (χ2v) is 4.13. The van der Waals surface area contributed by atoms with Crippen molar-refractivity contribution in [2.75, 3.05) is 0 Å². The molecule has 0 atom stereocenters. The summed E-state index contributed by atoms with van der Waals surface area (Å²) in [5, 5.41) is 9.69. The lowest BCUT2D eigenvalue weighted by Crippen LogP contribution is -1.98. The van der Waals surface area contributed by atoms with Crippen molar-refractivity contribution in [2.45, 2.75) is 10.9 Å². The van der Waals surface area contributed by atoms with Gasteiger partial charge in [0.1, 0.15) is 0 Å². The van der Waals surface area contributed by atoms with Crippen molar-refractivity contribution < 1.29 is 14.3 Å². The molecule has 0 aliphatic heterocycles. The summed E-state index contributed by atoms with van der Waals surface area (Å²) in [4.78, 5) is 14.9. The van der Waals surface area contributed by atoms with Crippen LogP contribution in [-0.4, -0.2) is 20.6 Å². The van der Waals surface area contributed by atoms with Crippen LogP contribution in [0.4, 0.5) is 0 Å². The highest BCUT2D eigenvalue weighted by atomic mass is 32.2. The predicted octanol–water partition coefficient (Wildman–Crippen LogP) is 2.00. The van der Waals surface area contributed by atoms with Crippen LogP contribution in [0.5, 0.6) is 0 Å². The standard InChI is InChI=1S/C10H10N2O3S/c1-12-4-3-11-10(12)16-6-7-2-5-15-8(7)9(13)14/h2-5H,6H2,1H3,(H,13,14). The van der Waals surface area contributed by atoms with Crippen LogP contribution in [0.25, 0.3) is 0 Å². The molecular formula is C10H10N2O3S. The zero-order valence-electron chi connectivity index (χ0n) is 8.58. The van der Waals surface area contributed by atoms with E-state index < -0.39 is 5.97 Å². The molecule has 2 aromatic heterocycles. The fourth-order valence-electron chi connectivity index (χ4n) is 1.27. The SMILES string of the molecule is Cn1ccnc1SCc1ccoc1C(=O)O. The summed E-state index contributed by atoms with van der Waals surface area (Å²) in [7, 11) is 1.89. The summed E-state index contributed by atoms with van der Waals surface area (Å²) in [5.74, 6) is -0.509. The average molecular weight is 238 g/mol. The van der Waals surface area contributed by atoms with Gasteiger partial charge in [0, 0.05) is 30.8 Å². The third-order valence-electron chi connectivity index (χ3n) is 2.07. The number of aromatic carboxylic acids is 1. The van der Waals surface area contributed by atoms with Crippen LogP contribution < -0.4 is 0 Å². The normalized spacial score (nSPS) is 10.6. The van der Waals surface area contributed by atoms with E-state index in [0.29, 0.717) is 11.3 Å². The fourth-order valence-corrected chi connectivity index (χ4v) is 2.18. The van der Waals surface area contributed by atoms with Gasteiger partial charge in [-0.25, -0.2) is 9.78 Å². The number of carbonyl (C=O) groups is 1. The zero-order chi connectivity index (χ0) is 11.5. The number of rotatable bonds is 4. The molecule has 0 radical (unpaired) electrons. The Kier molecular flexibility index (Phi) is 3.00. The number of carboxylic acids is 1. The summed E-state index contributed by atoms with van der Waals surface area (Å²) < 4.78 is 6.77. The molecule has 5 nitrogen and oxygen atoms in total. The lowest BCUT2D eigenvalue weighted by molar-refractivity contribution is 0.0661. The van der Waals surface area contributed by atoms with Crippen molar-refractivity contribution in [3.05, 3.63) is 36.0 Å². The Balaban J connectivity index is 2.08. The number of hydrogen-bond donors (Lipinski definition) is 1. The van der Waals surface area contributed by atoms with E-state index in [-0.39, 0.29) is 5.76 Å². The first kappa shape index (κ1) is 10.8. The molecule has 2 heterocycles. The second-order valence-electron chi connectivity index (χ2n) is 3.19. The Morgan fingerprint density at radius 2 is 2.50 bits per heavy atom. The highest BCUT2D eigenvalue weighted by Gasteiger charge is 2.14. The Morgan fingerprint density at radius 3 is 3.12 bits per heavy atom. The summed E-state index contributed by atoms with van der Waals surface area (Å²) in [6, 6.07) is 1.67. The van der Waals surface area contributed by atoms with E-state index in [1.54, 1.807) is 12.3 Å². The van der Waals surface area contributed by atoms with Gasteiger partial charge in [-0.3, -0.25) is 0 Å². The van der Waals surface area contributed by atoms with E-state index in [1.165, 1.54) is 18.0 Å². The van der Waals surface area contributed by atoms with Gasteiger partial charge in [0.15, 0.2) is 5.16 Å². The summed E-state index contributed by atoms with van der Waals surface area (Å²) >= 11 is 1.47. The van der Waals surface area contributed by atoms with Gasteiger partial charge >= 0.3 is 5.97 Å². The van der Waals surface area contributed by atoms with Gasteiger partial charge in [-0.05, 0) is 6.07 Å². The van der Waals surface area contributed by atoms with Crippen molar-refractivity contribution in [3.8, 4) is 0 Å². The Labute approximate surface area is 96.1 Å². The van der Waals surface area contributed by atoms with Crippen molar-refractivity contribution in [2.24, 2.45) is 7.05 Å². The fraction of sp³-hybridized carbons (Fsp3) is 0.200.